The van der Waals surface area contributed by atoms with Gasteiger partial charge in [-0.15, -0.1) is 0 Å². The number of carboxylic acid groups (broad SMARTS) is 2. The Bertz CT molecular complexity index is 1460. The Kier molecular flexibility index (Phi) is 12.6. The van der Waals surface area contributed by atoms with E-state index in [4.69, 9.17) is 10.2 Å². The van der Waals surface area contributed by atoms with Crippen molar-refractivity contribution >= 4 is 46.9 Å². The molecule has 0 aromatic heterocycles. The largest absolute Gasteiger partial charge is 0.507 e. The average molecular weight is 671 g/mol. The topological polar surface area (TPSA) is 256 Å². The van der Waals surface area contributed by atoms with Crippen molar-refractivity contribution in [2.75, 3.05) is 36.8 Å². The van der Waals surface area contributed by atoms with E-state index in [-0.39, 0.29) is 71.6 Å². The van der Waals surface area contributed by atoms with Crippen LogP contribution in [0.5, 0.6) is 11.5 Å². The van der Waals surface area contributed by atoms with Crippen molar-refractivity contribution in [2.45, 2.75) is 52.6 Å². The summed E-state index contributed by atoms with van der Waals surface area (Å²) in [4.78, 5) is 75.3. The van der Waals surface area contributed by atoms with Gasteiger partial charge in [0.1, 0.15) is 23.6 Å². The van der Waals surface area contributed by atoms with Gasteiger partial charge in [-0.1, -0.05) is 40.5 Å². The van der Waals surface area contributed by atoms with E-state index >= 15 is 0 Å². The molecule has 10 N–H and O–H groups in total. The van der Waals surface area contributed by atoms with Gasteiger partial charge >= 0.3 is 12.2 Å². The molecule has 1 aliphatic carbocycles. The summed E-state index contributed by atoms with van der Waals surface area (Å²) >= 11 is 0. The van der Waals surface area contributed by atoms with Gasteiger partial charge in [0.05, 0.1) is 22.3 Å². The molecule has 2 aromatic carbocycles. The van der Waals surface area contributed by atoms with Crippen LogP contribution >= 0.6 is 0 Å². The maximum Gasteiger partial charge on any atom is 0.405 e. The number of hydrogen-bond donors (Lipinski definition) is 10. The molecule has 4 unspecified atom stereocenters. The van der Waals surface area contributed by atoms with Crippen LogP contribution in [0.15, 0.2) is 24.3 Å². The normalized spacial score (nSPS) is 14.3. The Morgan fingerprint density at radius 1 is 0.604 bits per heavy atom. The van der Waals surface area contributed by atoms with Gasteiger partial charge in [-0.3, -0.25) is 19.2 Å². The SMILES string of the molecule is CCC(C)C(NC(=O)O)C(=O)NCCNc1ccc(NCCNC(=O)C(NC(=O)O)C(C)CC)c2c1C(=O)c1c(O)ccc(O)c1C2=O. The highest BCUT2D eigenvalue weighted by atomic mass is 16.4. The molecule has 0 spiro atoms. The number of aromatic hydroxyl groups is 2. The molecule has 0 radical (unpaired) electrons. The van der Waals surface area contributed by atoms with Gasteiger partial charge in [0, 0.05) is 37.6 Å². The lowest BCUT2D eigenvalue weighted by atomic mass is 9.81. The number of phenols is 2. The van der Waals surface area contributed by atoms with Gasteiger partial charge in [-0.2, -0.15) is 0 Å². The molecule has 3 rings (SSSR count). The van der Waals surface area contributed by atoms with Crippen molar-refractivity contribution in [3.63, 3.8) is 0 Å². The lowest BCUT2D eigenvalue weighted by Gasteiger charge is -2.25. The molecule has 4 amide bonds. The zero-order chi connectivity index (χ0) is 35.7. The Labute approximate surface area is 276 Å². The molecule has 0 saturated carbocycles. The predicted octanol–water partition coefficient (Wildman–Crippen LogP) is 2.29. The number of amides is 4. The van der Waals surface area contributed by atoms with E-state index in [1.54, 1.807) is 13.8 Å². The molecular formula is C32H42N6O10. The monoisotopic (exact) mass is 670 g/mol. The summed E-state index contributed by atoms with van der Waals surface area (Å²) in [5.74, 6) is -4.09. The first-order valence-electron chi connectivity index (χ1n) is 15.6. The second-order valence-corrected chi connectivity index (χ2v) is 11.5. The quantitative estimate of drug-likeness (QED) is 0.0778. The lowest BCUT2D eigenvalue weighted by Crippen LogP contribution is -2.50. The summed E-state index contributed by atoms with van der Waals surface area (Å²) in [7, 11) is 0. The Hall–Kier alpha value is -5.54. The fourth-order valence-corrected chi connectivity index (χ4v) is 5.31. The molecule has 0 bridgehead atoms. The van der Waals surface area contributed by atoms with Gasteiger partial charge in [-0.05, 0) is 36.1 Å². The van der Waals surface area contributed by atoms with Crippen LogP contribution in [0.25, 0.3) is 0 Å². The highest BCUT2D eigenvalue weighted by molar-refractivity contribution is 6.33. The minimum atomic E-state index is -1.33. The minimum Gasteiger partial charge on any atom is -0.507 e. The molecule has 16 nitrogen and oxygen atoms in total. The molecule has 0 heterocycles. The summed E-state index contributed by atoms with van der Waals surface area (Å²) in [5, 5.41) is 55.0. The predicted molar refractivity (Wildman–Crippen MR) is 175 cm³/mol. The van der Waals surface area contributed by atoms with Gasteiger partial charge in [0.2, 0.25) is 23.4 Å². The van der Waals surface area contributed by atoms with Crippen LogP contribution in [-0.2, 0) is 9.59 Å². The Morgan fingerprint density at radius 2 is 0.958 bits per heavy atom. The van der Waals surface area contributed by atoms with Crippen molar-refractivity contribution in [1.29, 1.82) is 0 Å². The molecule has 0 saturated heterocycles. The summed E-state index contributed by atoms with van der Waals surface area (Å²) in [5.41, 5.74) is -0.536. The van der Waals surface area contributed by atoms with Crippen LogP contribution in [0.4, 0.5) is 21.0 Å². The van der Waals surface area contributed by atoms with Gasteiger partial charge < -0.3 is 52.3 Å². The van der Waals surface area contributed by atoms with Crippen LogP contribution in [-0.4, -0.2) is 94.3 Å². The first kappa shape index (κ1) is 36.9. The van der Waals surface area contributed by atoms with E-state index in [0.717, 1.165) is 12.1 Å². The summed E-state index contributed by atoms with van der Waals surface area (Å²) in [6, 6.07) is 3.28. The highest BCUT2D eigenvalue weighted by Crippen LogP contribution is 2.42. The van der Waals surface area contributed by atoms with E-state index < -0.39 is 59.2 Å². The third kappa shape index (κ3) is 8.43. The fraction of sp³-hybridized carbons (Fsp3) is 0.438. The number of hydrogen-bond acceptors (Lipinski definition) is 10. The van der Waals surface area contributed by atoms with E-state index in [2.05, 4.69) is 31.9 Å². The van der Waals surface area contributed by atoms with Crippen LogP contribution in [0.3, 0.4) is 0 Å². The number of fused-ring (bicyclic) bond motifs is 2. The summed E-state index contributed by atoms with van der Waals surface area (Å²) in [6.45, 7) is 7.32. The first-order valence-corrected chi connectivity index (χ1v) is 15.6. The third-order valence-corrected chi connectivity index (χ3v) is 8.30. The van der Waals surface area contributed by atoms with E-state index in [1.165, 1.54) is 12.1 Å². The number of benzene rings is 2. The number of carbonyl (C=O) groups is 6. The second kappa shape index (κ2) is 16.3. The average Bonchev–Trinajstić information content (AvgIpc) is 3.05. The van der Waals surface area contributed by atoms with Crippen molar-refractivity contribution in [1.82, 2.24) is 21.3 Å². The summed E-state index contributed by atoms with van der Waals surface area (Å²) in [6.07, 6.45) is -1.56. The van der Waals surface area contributed by atoms with Crippen LogP contribution in [0, 0.1) is 11.8 Å². The molecule has 0 fully saturated rings. The van der Waals surface area contributed by atoms with Gasteiger partial charge in [0.15, 0.2) is 0 Å². The molecule has 48 heavy (non-hydrogen) atoms. The minimum absolute atomic E-state index is 0.0285. The molecule has 0 aliphatic heterocycles. The van der Waals surface area contributed by atoms with Crippen LogP contribution in [0.2, 0.25) is 0 Å². The smallest absolute Gasteiger partial charge is 0.405 e. The van der Waals surface area contributed by atoms with Crippen LogP contribution < -0.4 is 31.9 Å². The molecular weight excluding hydrogens is 628 g/mol. The Morgan fingerprint density at radius 3 is 1.27 bits per heavy atom. The fourth-order valence-electron chi connectivity index (χ4n) is 5.31. The number of rotatable bonds is 16. The molecule has 4 atom stereocenters. The molecule has 260 valence electrons. The molecule has 16 heteroatoms. The number of carbonyl (C=O) groups excluding carboxylic acids is 4. The lowest BCUT2D eigenvalue weighted by molar-refractivity contribution is -0.124. The van der Waals surface area contributed by atoms with E-state index in [9.17, 15) is 39.0 Å². The van der Waals surface area contributed by atoms with Crippen molar-refractivity contribution in [3.05, 3.63) is 46.5 Å². The summed E-state index contributed by atoms with van der Waals surface area (Å²) < 4.78 is 0. The van der Waals surface area contributed by atoms with Crippen molar-refractivity contribution in [2.24, 2.45) is 11.8 Å². The van der Waals surface area contributed by atoms with Crippen LogP contribution in [0.1, 0.15) is 72.4 Å². The Balaban J connectivity index is 1.83. The van der Waals surface area contributed by atoms with E-state index in [0.29, 0.717) is 12.8 Å². The van der Waals surface area contributed by atoms with Gasteiger partial charge in [-0.25, -0.2) is 9.59 Å². The van der Waals surface area contributed by atoms with Crippen molar-refractivity contribution < 1.29 is 49.2 Å². The zero-order valence-corrected chi connectivity index (χ0v) is 27.1. The third-order valence-electron chi connectivity index (χ3n) is 8.30. The van der Waals surface area contributed by atoms with E-state index in [1.807, 2.05) is 13.8 Å². The molecule has 2 aromatic rings. The number of phenolic OH excluding ortho intramolecular Hbond substituents is 2. The number of anilines is 2. The first-order chi connectivity index (χ1) is 22.7. The maximum absolute atomic E-state index is 13.8. The zero-order valence-electron chi connectivity index (χ0n) is 27.1. The number of nitrogens with one attached hydrogen (secondary N) is 6. The standard InChI is InChI=1S/C32H42N6O10/c1-5-15(3)25(37-31(45)46)29(43)35-13-11-33-17-7-8-18(34-12-14-36-30(44)26(16(4)6-2)38-32(47)48)22-21(17)27(41)23-19(39)9-10-20(40)24(23)28(22)42/h7-10,15-16,25-26,33-34,37-40H,5-6,11-14H2,1-4H3,(H,35,43)(H,36,44)(H,45,46)(H,47,48). The van der Waals surface area contributed by atoms with Gasteiger partial charge in [0.25, 0.3) is 0 Å². The van der Waals surface area contributed by atoms with Crippen molar-refractivity contribution in [3.8, 4) is 11.5 Å². The highest BCUT2D eigenvalue weighted by Gasteiger charge is 2.38. The maximum atomic E-state index is 13.8. The molecule has 1 aliphatic rings. The second-order valence-electron chi connectivity index (χ2n) is 11.5. The number of ketones is 2.